The number of hydrogen-bond donors (Lipinski definition) is 1. The lowest BCUT2D eigenvalue weighted by Crippen LogP contribution is -2.28. The maximum atomic E-state index is 13.4. The van der Waals surface area contributed by atoms with Crippen molar-refractivity contribution in [2.45, 2.75) is 6.42 Å². The molecule has 96 valence electrons. The maximum absolute atomic E-state index is 13.4. The van der Waals surface area contributed by atoms with Gasteiger partial charge in [0.05, 0.1) is 5.69 Å². The van der Waals surface area contributed by atoms with Crippen molar-refractivity contribution < 1.29 is 9.18 Å². The van der Waals surface area contributed by atoms with Crippen LogP contribution in [0.3, 0.4) is 0 Å². The Morgan fingerprint density at radius 3 is 2.79 bits per heavy atom. The highest BCUT2D eigenvalue weighted by atomic mass is 19.1. The monoisotopic (exact) mass is 256 g/mol. The summed E-state index contributed by atoms with van der Waals surface area (Å²) >= 11 is 0. The molecule has 0 atom stereocenters. The molecular weight excluding hydrogens is 243 g/mol. The number of amides is 1. The zero-order valence-corrected chi connectivity index (χ0v) is 10.3. The van der Waals surface area contributed by atoms with E-state index in [1.165, 1.54) is 12.1 Å². The third kappa shape index (κ3) is 1.95. The molecular formula is C15H13FN2O. The first-order valence-electron chi connectivity index (χ1n) is 6.11. The van der Waals surface area contributed by atoms with Gasteiger partial charge in [0.25, 0.3) is 5.91 Å². The molecule has 3 rings (SSSR count). The number of anilines is 2. The summed E-state index contributed by atoms with van der Waals surface area (Å²) in [4.78, 5) is 14.1. The Morgan fingerprint density at radius 1 is 1.21 bits per heavy atom. The summed E-state index contributed by atoms with van der Waals surface area (Å²) in [5.74, 6) is -0.748. The number of nitrogens with zero attached hydrogens (tertiary/aromatic N) is 1. The Morgan fingerprint density at radius 2 is 2.00 bits per heavy atom. The van der Waals surface area contributed by atoms with Gasteiger partial charge in [-0.2, -0.15) is 0 Å². The molecule has 0 fully saturated rings. The summed E-state index contributed by atoms with van der Waals surface area (Å²) in [6, 6.07) is 11.9. The van der Waals surface area contributed by atoms with Crippen LogP contribution in [0.15, 0.2) is 42.5 Å². The first-order valence-corrected chi connectivity index (χ1v) is 6.11. The van der Waals surface area contributed by atoms with Crippen LogP contribution in [0.5, 0.6) is 0 Å². The maximum Gasteiger partial charge on any atom is 0.258 e. The van der Waals surface area contributed by atoms with Gasteiger partial charge in [0.2, 0.25) is 0 Å². The van der Waals surface area contributed by atoms with E-state index in [-0.39, 0.29) is 11.6 Å². The smallest absolute Gasteiger partial charge is 0.258 e. The van der Waals surface area contributed by atoms with E-state index in [2.05, 4.69) is 0 Å². The highest BCUT2D eigenvalue weighted by Crippen LogP contribution is 2.29. The normalized spacial score (nSPS) is 13.4. The van der Waals surface area contributed by atoms with E-state index in [1.807, 2.05) is 24.3 Å². The van der Waals surface area contributed by atoms with Crippen LogP contribution in [0.25, 0.3) is 0 Å². The van der Waals surface area contributed by atoms with Crippen LogP contribution < -0.4 is 10.6 Å². The fraction of sp³-hybridized carbons (Fsp3) is 0.133. The van der Waals surface area contributed by atoms with E-state index < -0.39 is 5.82 Å². The zero-order valence-electron chi connectivity index (χ0n) is 10.3. The zero-order chi connectivity index (χ0) is 13.4. The third-order valence-electron chi connectivity index (χ3n) is 3.38. The Balaban J connectivity index is 1.95. The van der Waals surface area contributed by atoms with Crippen molar-refractivity contribution in [3.8, 4) is 0 Å². The van der Waals surface area contributed by atoms with Crippen molar-refractivity contribution in [2.24, 2.45) is 0 Å². The van der Waals surface area contributed by atoms with E-state index in [0.29, 0.717) is 12.1 Å². The second-order valence-corrected chi connectivity index (χ2v) is 4.57. The summed E-state index contributed by atoms with van der Waals surface area (Å²) in [5, 5.41) is 0. The van der Waals surface area contributed by atoms with Gasteiger partial charge in [-0.3, -0.25) is 4.79 Å². The van der Waals surface area contributed by atoms with Gasteiger partial charge in [-0.05, 0) is 36.2 Å². The molecule has 0 saturated heterocycles. The number of carbonyl (C=O) groups is 1. The number of halogens is 1. The van der Waals surface area contributed by atoms with Crippen LogP contribution in [-0.4, -0.2) is 12.5 Å². The Bertz CT molecular complexity index is 654. The second kappa shape index (κ2) is 4.39. The number of fused-ring (bicyclic) bond motifs is 1. The van der Waals surface area contributed by atoms with Gasteiger partial charge in [0.1, 0.15) is 5.82 Å². The summed E-state index contributed by atoms with van der Waals surface area (Å²) in [6.45, 7) is 0.629. The van der Waals surface area contributed by atoms with Crippen molar-refractivity contribution in [3.63, 3.8) is 0 Å². The molecule has 0 radical (unpaired) electrons. The van der Waals surface area contributed by atoms with Crippen LogP contribution >= 0.6 is 0 Å². The molecule has 19 heavy (non-hydrogen) atoms. The summed E-state index contributed by atoms with van der Waals surface area (Å²) in [5.41, 5.74) is 7.85. The lowest BCUT2D eigenvalue weighted by Gasteiger charge is -2.17. The largest absolute Gasteiger partial charge is 0.396 e. The number of benzene rings is 2. The molecule has 1 aliphatic rings. The van der Waals surface area contributed by atoms with E-state index in [4.69, 9.17) is 5.73 Å². The van der Waals surface area contributed by atoms with Crippen molar-refractivity contribution >= 4 is 17.3 Å². The van der Waals surface area contributed by atoms with Crippen molar-refractivity contribution in [3.05, 3.63) is 59.4 Å². The third-order valence-corrected chi connectivity index (χ3v) is 3.38. The number of carbonyl (C=O) groups excluding carboxylic acids is 1. The molecule has 2 aromatic rings. The number of hydrogen-bond acceptors (Lipinski definition) is 2. The lowest BCUT2D eigenvalue weighted by atomic mass is 10.1. The minimum absolute atomic E-state index is 0.0540. The quantitative estimate of drug-likeness (QED) is 0.797. The van der Waals surface area contributed by atoms with Gasteiger partial charge in [-0.15, -0.1) is 0 Å². The number of para-hydroxylation sites is 1. The highest BCUT2D eigenvalue weighted by molar-refractivity contribution is 6.07. The van der Waals surface area contributed by atoms with Crippen molar-refractivity contribution in [1.29, 1.82) is 0 Å². The van der Waals surface area contributed by atoms with E-state index >= 15 is 0 Å². The molecule has 1 amide bonds. The second-order valence-electron chi connectivity index (χ2n) is 4.57. The lowest BCUT2D eigenvalue weighted by molar-refractivity contribution is 0.0989. The average Bonchev–Trinajstić information content (AvgIpc) is 2.85. The van der Waals surface area contributed by atoms with Crippen LogP contribution in [-0.2, 0) is 6.42 Å². The Kier molecular flexibility index (Phi) is 2.71. The molecule has 2 N–H and O–H groups in total. The van der Waals surface area contributed by atoms with Crippen molar-refractivity contribution in [2.75, 3.05) is 17.2 Å². The van der Waals surface area contributed by atoms with Gasteiger partial charge in [-0.1, -0.05) is 18.2 Å². The Hall–Kier alpha value is -2.36. The predicted octanol–water partition coefficient (Wildman–Crippen LogP) is 2.61. The van der Waals surface area contributed by atoms with Crippen LogP contribution in [0, 0.1) is 5.82 Å². The number of rotatable bonds is 1. The van der Waals surface area contributed by atoms with Gasteiger partial charge in [-0.25, -0.2) is 4.39 Å². The molecule has 0 spiro atoms. The fourth-order valence-corrected chi connectivity index (χ4v) is 2.37. The molecule has 3 nitrogen and oxygen atoms in total. The molecule has 0 aromatic heterocycles. The minimum Gasteiger partial charge on any atom is -0.396 e. The van der Waals surface area contributed by atoms with E-state index in [0.717, 1.165) is 17.7 Å². The standard InChI is InChI=1S/C15H13FN2O/c16-12-9-11(5-6-13(12)17)15(19)18-8-7-10-3-1-2-4-14(10)18/h1-6,9H,7-8,17H2. The van der Waals surface area contributed by atoms with E-state index in [1.54, 1.807) is 11.0 Å². The van der Waals surface area contributed by atoms with Gasteiger partial charge >= 0.3 is 0 Å². The molecule has 0 aliphatic carbocycles. The van der Waals surface area contributed by atoms with Gasteiger partial charge in [0, 0.05) is 17.8 Å². The van der Waals surface area contributed by atoms with Gasteiger partial charge < -0.3 is 10.6 Å². The summed E-state index contributed by atoms with van der Waals surface area (Å²) in [6.07, 6.45) is 0.833. The van der Waals surface area contributed by atoms with Gasteiger partial charge in [0.15, 0.2) is 0 Å². The van der Waals surface area contributed by atoms with Crippen LogP contribution in [0.1, 0.15) is 15.9 Å². The SMILES string of the molecule is Nc1ccc(C(=O)N2CCc3ccccc32)cc1F. The van der Waals surface area contributed by atoms with E-state index in [9.17, 15) is 9.18 Å². The number of nitrogens with two attached hydrogens (primary N) is 1. The van der Waals surface area contributed by atoms with Crippen LogP contribution in [0.4, 0.5) is 15.8 Å². The molecule has 4 heteroatoms. The van der Waals surface area contributed by atoms with Crippen molar-refractivity contribution in [1.82, 2.24) is 0 Å². The fourth-order valence-electron chi connectivity index (χ4n) is 2.37. The average molecular weight is 256 g/mol. The first-order chi connectivity index (χ1) is 9.16. The minimum atomic E-state index is -0.557. The molecule has 1 heterocycles. The highest BCUT2D eigenvalue weighted by Gasteiger charge is 2.25. The molecule has 0 unspecified atom stereocenters. The van der Waals surface area contributed by atoms with Crippen LogP contribution in [0.2, 0.25) is 0 Å². The Labute approximate surface area is 110 Å². The molecule has 0 bridgehead atoms. The molecule has 2 aromatic carbocycles. The summed E-state index contributed by atoms with van der Waals surface area (Å²) < 4.78 is 13.4. The number of nitrogen functional groups attached to an aromatic ring is 1. The topological polar surface area (TPSA) is 46.3 Å². The summed E-state index contributed by atoms with van der Waals surface area (Å²) in [7, 11) is 0. The predicted molar refractivity (Wildman–Crippen MR) is 72.6 cm³/mol. The molecule has 1 aliphatic heterocycles. The molecule has 0 saturated carbocycles. The first kappa shape index (κ1) is 11.7.